The van der Waals surface area contributed by atoms with Crippen LogP contribution in [-0.2, 0) is 11.2 Å². The maximum Gasteiger partial charge on any atom is 0.255 e. The van der Waals surface area contributed by atoms with Crippen LogP contribution in [0.1, 0.15) is 26.9 Å². The van der Waals surface area contributed by atoms with E-state index < -0.39 is 0 Å². The molecule has 4 rings (SSSR count). The van der Waals surface area contributed by atoms with Gasteiger partial charge >= 0.3 is 0 Å². The first kappa shape index (κ1) is 21.0. The molecule has 1 saturated heterocycles. The number of benzene rings is 3. The van der Waals surface area contributed by atoms with Crippen molar-refractivity contribution in [1.82, 2.24) is 4.90 Å². The van der Waals surface area contributed by atoms with Gasteiger partial charge in [0.15, 0.2) is 0 Å². The molecule has 6 heteroatoms. The van der Waals surface area contributed by atoms with Gasteiger partial charge in [0.25, 0.3) is 5.91 Å². The lowest BCUT2D eigenvalue weighted by molar-refractivity contribution is -0.128. The number of amides is 2. The van der Waals surface area contributed by atoms with Gasteiger partial charge in [-0.05, 0) is 41.8 Å². The molecule has 0 spiro atoms. The summed E-state index contributed by atoms with van der Waals surface area (Å²) in [4.78, 5) is 27.0. The van der Waals surface area contributed by atoms with E-state index in [2.05, 4.69) is 17.4 Å². The summed E-state index contributed by atoms with van der Waals surface area (Å²) in [6, 6.07) is 25.0. The number of para-hydroxylation sites is 2. The molecule has 1 heterocycles. The second-order valence-corrected chi connectivity index (χ2v) is 8.33. The molecule has 1 aliphatic rings. The topological polar surface area (TPSA) is 58.6 Å². The summed E-state index contributed by atoms with van der Waals surface area (Å²) in [7, 11) is 1.57. The molecule has 0 saturated carbocycles. The second-order valence-electron chi connectivity index (χ2n) is 7.26. The number of carbonyl (C=O) groups excluding carboxylic acids is 2. The predicted molar refractivity (Wildman–Crippen MR) is 124 cm³/mol. The van der Waals surface area contributed by atoms with Crippen LogP contribution in [-0.4, -0.2) is 36.1 Å². The highest BCUT2D eigenvalue weighted by molar-refractivity contribution is 8.00. The molecule has 2 amide bonds. The van der Waals surface area contributed by atoms with Gasteiger partial charge in [0.1, 0.15) is 11.1 Å². The van der Waals surface area contributed by atoms with E-state index in [0.717, 1.165) is 12.0 Å². The number of rotatable bonds is 7. The molecule has 1 aliphatic heterocycles. The van der Waals surface area contributed by atoms with Crippen molar-refractivity contribution < 1.29 is 14.3 Å². The van der Waals surface area contributed by atoms with Crippen LogP contribution in [0.3, 0.4) is 0 Å². The molecule has 158 valence electrons. The molecule has 31 heavy (non-hydrogen) atoms. The van der Waals surface area contributed by atoms with E-state index in [9.17, 15) is 9.59 Å². The van der Waals surface area contributed by atoms with Crippen molar-refractivity contribution in [2.24, 2.45) is 0 Å². The molecule has 5 nitrogen and oxygen atoms in total. The largest absolute Gasteiger partial charge is 0.495 e. The van der Waals surface area contributed by atoms with E-state index >= 15 is 0 Å². The Hall–Kier alpha value is -3.25. The first-order chi connectivity index (χ1) is 15.2. The SMILES string of the molecule is COc1ccccc1NC(=O)c1ccc([C@H]2SCC(=O)N2CCc2ccccc2)cc1. The zero-order valence-corrected chi connectivity index (χ0v) is 18.1. The van der Waals surface area contributed by atoms with E-state index in [4.69, 9.17) is 4.74 Å². The number of thioether (sulfide) groups is 1. The lowest BCUT2D eigenvalue weighted by Gasteiger charge is -2.24. The zero-order valence-electron chi connectivity index (χ0n) is 17.3. The summed E-state index contributed by atoms with van der Waals surface area (Å²) in [5.41, 5.74) is 3.43. The number of hydrogen-bond acceptors (Lipinski definition) is 4. The Balaban J connectivity index is 1.44. The minimum Gasteiger partial charge on any atom is -0.495 e. The summed E-state index contributed by atoms with van der Waals surface area (Å²) in [5.74, 6) is 1.05. The van der Waals surface area contributed by atoms with Gasteiger partial charge in [-0.15, -0.1) is 11.8 Å². The van der Waals surface area contributed by atoms with Crippen molar-refractivity contribution in [2.75, 3.05) is 24.7 Å². The van der Waals surface area contributed by atoms with Gasteiger partial charge in [-0.25, -0.2) is 0 Å². The average molecular weight is 433 g/mol. The highest BCUT2D eigenvalue weighted by Crippen LogP contribution is 2.38. The summed E-state index contributed by atoms with van der Waals surface area (Å²) in [6.07, 6.45) is 0.822. The number of nitrogens with one attached hydrogen (secondary N) is 1. The highest BCUT2D eigenvalue weighted by atomic mass is 32.2. The Morgan fingerprint density at radius 2 is 1.74 bits per heavy atom. The van der Waals surface area contributed by atoms with Gasteiger partial charge < -0.3 is 15.0 Å². The summed E-state index contributed by atoms with van der Waals surface area (Å²) >= 11 is 1.63. The van der Waals surface area contributed by atoms with Gasteiger partial charge in [0.2, 0.25) is 5.91 Å². The maximum atomic E-state index is 12.7. The standard InChI is InChI=1S/C25H24N2O3S/c1-30-22-10-6-5-9-21(22)26-24(29)19-11-13-20(14-12-19)25-27(23(28)17-31-25)16-15-18-7-3-2-4-8-18/h2-14,25H,15-17H2,1H3,(H,26,29)/t25-/m1/s1. The molecule has 0 radical (unpaired) electrons. The Labute approximate surface area is 186 Å². The lowest BCUT2D eigenvalue weighted by atomic mass is 10.1. The van der Waals surface area contributed by atoms with Gasteiger partial charge in [-0.1, -0.05) is 54.6 Å². The van der Waals surface area contributed by atoms with Gasteiger partial charge in [-0.2, -0.15) is 0 Å². The first-order valence-electron chi connectivity index (χ1n) is 10.1. The second kappa shape index (κ2) is 9.71. The van der Waals surface area contributed by atoms with Gasteiger partial charge in [-0.3, -0.25) is 9.59 Å². The Bertz CT molecular complexity index is 1050. The average Bonchev–Trinajstić information content (AvgIpc) is 3.19. The molecule has 0 aromatic heterocycles. The van der Waals surface area contributed by atoms with Gasteiger partial charge in [0.05, 0.1) is 18.6 Å². The van der Waals surface area contributed by atoms with Gasteiger partial charge in [0, 0.05) is 12.1 Å². The molecule has 0 unspecified atom stereocenters. The van der Waals surface area contributed by atoms with Crippen molar-refractivity contribution in [3.05, 3.63) is 95.6 Å². The first-order valence-corrected chi connectivity index (χ1v) is 11.2. The minimum atomic E-state index is -0.202. The van der Waals surface area contributed by atoms with E-state index in [1.165, 1.54) is 5.56 Å². The van der Waals surface area contributed by atoms with Crippen LogP contribution in [0.5, 0.6) is 5.75 Å². The normalized spacial score (nSPS) is 15.7. The van der Waals surface area contributed by atoms with Crippen molar-refractivity contribution in [2.45, 2.75) is 11.8 Å². The number of nitrogens with zero attached hydrogens (tertiary/aromatic N) is 1. The van der Waals surface area contributed by atoms with Crippen molar-refractivity contribution >= 4 is 29.3 Å². The van der Waals surface area contributed by atoms with E-state index in [1.54, 1.807) is 43.1 Å². The van der Waals surface area contributed by atoms with Crippen LogP contribution < -0.4 is 10.1 Å². The Morgan fingerprint density at radius 3 is 2.48 bits per heavy atom. The molecular weight excluding hydrogens is 408 g/mol. The predicted octanol–water partition coefficient (Wildman–Crippen LogP) is 4.76. The van der Waals surface area contributed by atoms with Crippen molar-refractivity contribution in [1.29, 1.82) is 0 Å². The fourth-order valence-corrected chi connectivity index (χ4v) is 4.83. The Morgan fingerprint density at radius 1 is 1.03 bits per heavy atom. The summed E-state index contributed by atoms with van der Waals surface area (Å²) in [6.45, 7) is 0.677. The molecule has 1 atom stereocenters. The summed E-state index contributed by atoms with van der Waals surface area (Å²) < 4.78 is 5.29. The molecule has 1 fully saturated rings. The number of hydrogen-bond donors (Lipinski definition) is 1. The number of methoxy groups -OCH3 is 1. The van der Waals surface area contributed by atoms with Crippen molar-refractivity contribution in [3.8, 4) is 5.75 Å². The molecule has 3 aromatic rings. The van der Waals surface area contributed by atoms with Crippen LogP contribution in [0.2, 0.25) is 0 Å². The van der Waals surface area contributed by atoms with Crippen LogP contribution in [0.4, 0.5) is 5.69 Å². The maximum absolute atomic E-state index is 12.7. The van der Waals surface area contributed by atoms with Crippen molar-refractivity contribution in [3.63, 3.8) is 0 Å². The van der Waals surface area contributed by atoms with E-state index in [1.807, 2.05) is 47.4 Å². The van der Waals surface area contributed by atoms with E-state index in [0.29, 0.717) is 29.3 Å². The van der Waals surface area contributed by atoms with Crippen LogP contribution in [0.25, 0.3) is 0 Å². The molecule has 0 aliphatic carbocycles. The summed E-state index contributed by atoms with van der Waals surface area (Å²) in [5, 5.41) is 2.86. The number of anilines is 1. The molecule has 1 N–H and O–H groups in total. The van der Waals surface area contributed by atoms with Crippen LogP contribution >= 0.6 is 11.8 Å². The third-order valence-electron chi connectivity index (χ3n) is 5.27. The monoisotopic (exact) mass is 432 g/mol. The highest BCUT2D eigenvalue weighted by Gasteiger charge is 2.32. The number of carbonyl (C=O) groups is 2. The van der Waals surface area contributed by atoms with E-state index in [-0.39, 0.29) is 17.2 Å². The minimum absolute atomic E-state index is 0.0254. The number of ether oxygens (including phenoxy) is 1. The fraction of sp³-hybridized carbons (Fsp3) is 0.200. The molecule has 0 bridgehead atoms. The Kier molecular flexibility index (Phi) is 6.57. The van der Waals surface area contributed by atoms with Crippen LogP contribution in [0.15, 0.2) is 78.9 Å². The fourth-order valence-electron chi connectivity index (χ4n) is 3.61. The zero-order chi connectivity index (χ0) is 21.6. The third kappa shape index (κ3) is 4.91. The lowest BCUT2D eigenvalue weighted by Crippen LogP contribution is -2.30. The third-order valence-corrected chi connectivity index (χ3v) is 6.52. The smallest absolute Gasteiger partial charge is 0.255 e. The quantitative estimate of drug-likeness (QED) is 0.585. The molecule has 3 aromatic carbocycles. The molecular formula is C25H24N2O3S. The van der Waals surface area contributed by atoms with Crippen LogP contribution in [0, 0.1) is 0 Å².